The molecule has 1 amide bonds. The summed E-state index contributed by atoms with van der Waals surface area (Å²) in [6.07, 6.45) is 4.49. The number of nitrogens with one attached hydrogen (secondary N) is 1. The number of hydrogen-bond donors (Lipinski definition) is 2. The van der Waals surface area contributed by atoms with E-state index in [-0.39, 0.29) is 11.7 Å². The highest BCUT2D eigenvalue weighted by Crippen LogP contribution is 2.22. The summed E-state index contributed by atoms with van der Waals surface area (Å²) in [7, 11) is 0. The van der Waals surface area contributed by atoms with Crippen molar-refractivity contribution in [1.82, 2.24) is 14.3 Å². The minimum Gasteiger partial charge on any atom is -0.550 e. The molecule has 3 aromatic rings. The van der Waals surface area contributed by atoms with Crippen molar-refractivity contribution in [3.63, 3.8) is 0 Å². The lowest BCUT2D eigenvalue weighted by Crippen LogP contribution is -2.43. The maximum Gasteiger partial charge on any atom is 0.254 e. The van der Waals surface area contributed by atoms with Gasteiger partial charge in [0.15, 0.2) is 0 Å². The van der Waals surface area contributed by atoms with E-state index in [1.165, 1.54) is 0 Å². The molecule has 8 heteroatoms. The summed E-state index contributed by atoms with van der Waals surface area (Å²) < 4.78 is 1.84. The molecule has 0 atom stereocenters. The van der Waals surface area contributed by atoms with E-state index in [1.54, 1.807) is 35.4 Å². The largest absolute Gasteiger partial charge is 0.550 e. The highest BCUT2D eigenvalue weighted by molar-refractivity contribution is 5.96. The summed E-state index contributed by atoms with van der Waals surface area (Å²) in [5, 5.41) is 18.4. The standard InChI is InChI=1S/C21H21N5O3/c22-19(23)14-3-1-13(2-4-14)17-12-26-10-7-16(11-18(26)24-17)20(27)25-8-5-15(6-9-25)21(28)29/h1-4,7,10-12,15H,5-6,8-9H2,(H3,22,23)(H,28,29)/p-1. The number of likely N-dealkylation sites (tertiary alicyclic amines) is 1. The molecule has 1 aliphatic rings. The number of pyridine rings is 1. The lowest BCUT2D eigenvalue weighted by Gasteiger charge is -2.32. The molecule has 0 saturated carbocycles. The van der Waals surface area contributed by atoms with Crippen LogP contribution in [0.1, 0.15) is 28.8 Å². The number of aliphatic carboxylic acids is 1. The fourth-order valence-corrected chi connectivity index (χ4v) is 3.58. The van der Waals surface area contributed by atoms with E-state index in [4.69, 9.17) is 11.1 Å². The number of nitrogens with zero attached hydrogens (tertiary/aromatic N) is 3. The first-order valence-electron chi connectivity index (χ1n) is 9.36. The second-order valence-corrected chi connectivity index (χ2v) is 7.18. The van der Waals surface area contributed by atoms with Gasteiger partial charge in [0.2, 0.25) is 0 Å². The maximum atomic E-state index is 12.8. The summed E-state index contributed by atoms with van der Waals surface area (Å²) in [6, 6.07) is 10.7. The van der Waals surface area contributed by atoms with Gasteiger partial charge in [0.25, 0.3) is 5.91 Å². The second kappa shape index (κ2) is 7.38. The van der Waals surface area contributed by atoms with E-state index in [0.717, 1.165) is 11.3 Å². The van der Waals surface area contributed by atoms with Crippen LogP contribution in [0.25, 0.3) is 16.9 Å². The molecular weight excluding hydrogens is 370 g/mol. The third kappa shape index (κ3) is 3.69. The summed E-state index contributed by atoms with van der Waals surface area (Å²) in [5.74, 6) is -1.64. The smallest absolute Gasteiger partial charge is 0.254 e. The Balaban J connectivity index is 1.54. The van der Waals surface area contributed by atoms with Crippen LogP contribution < -0.4 is 10.8 Å². The van der Waals surface area contributed by atoms with Gasteiger partial charge in [0.05, 0.1) is 5.69 Å². The Morgan fingerprint density at radius 2 is 1.79 bits per heavy atom. The first kappa shape index (κ1) is 18.7. The number of amidine groups is 1. The van der Waals surface area contributed by atoms with Gasteiger partial charge in [-0.25, -0.2) is 4.98 Å². The topological polar surface area (TPSA) is 128 Å². The van der Waals surface area contributed by atoms with E-state index >= 15 is 0 Å². The lowest BCUT2D eigenvalue weighted by atomic mass is 9.97. The average Bonchev–Trinajstić information content (AvgIpc) is 3.16. The predicted molar refractivity (Wildman–Crippen MR) is 105 cm³/mol. The Hall–Kier alpha value is -3.68. The molecule has 1 aromatic carbocycles. The summed E-state index contributed by atoms with van der Waals surface area (Å²) in [6.45, 7) is 0.815. The highest BCUT2D eigenvalue weighted by Gasteiger charge is 2.24. The molecule has 0 bridgehead atoms. The molecule has 29 heavy (non-hydrogen) atoms. The number of carbonyl (C=O) groups is 2. The van der Waals surface area contributed by atoms with Crippen LogP contribution in [0.2, 0.25) is 0 Å². The highest BCUT2D eigenvalue weighted by atomic mass is 16.4. The number of hydrogen-bond acceptors (Lipinski definition) is 5. The van der Waals surface area contributed by atoms with Crippen molar-refractivity contribution < 1.29 is 14.7 Å². The van der Waals surface area contributed by atoms with E-state index in [0.29, 0.717) is 42.7 Å². The molecule has 3 N–H and O–H groups in total. The number of amides is 1. The van der Waals surface area contributed by atoms with Crippen molar-refractivity contribution in [1.29, 1.82) is 5.41 Å². The van der Waals surface area contributed by atoms with Crippen molar-refractivity contribution in [2.75, 3.05) is 13.1 Å². The maximum absolute atomic E-state index is 12.8. The number of fused-ring (bicyclic) bond motifs is 1. The number of nitrogen functional groups attached to an aromatic ring is 1. The number of carboxylic acid groups (broad SMARTS) is 1. The fourth-order valence-electron chi connectivity index (χ4n) is 3.58. The van der Waals surface area contributed by atoms with Crippen LogP contribution in [0.3, 0.4) is 0 Å². The van der Waals surface area contributed by atoms with Gasteiger partial charge in [-0.2, -0.15) is 0 Å². The monoisotopic (exact) mass is 390 g/mol. The molecule has 0 spiro atoms. The third-order valence-corrected chi connectivity index (χ3v) is 5.31. The summed E-state index contributed by atoms with van der Waals surface area (Å²) >= 11 is 0. The molecule has 1 aliphatic heterocycles. The number of benzene rings is 1. The van der Waals surface area contributed by atoms with Crippen LogP contribution in [0, 0.1) is 11.3 Å². The van der Waals surface area contributed by atoms with Crippen molar-refractivity contribution in [3.8, 4) is 11.3 Å². The number of carboxylic acids is 1. The van der Waals surface area contributed by atoms with Crippen LogP contribution in [0.4, 0.5) is 0 Å². The predicted octanol–water partition coefficient (Wildman–Crippen LogP) is 0.887. The number of aromatic nitrogens is 2. The van der Waals surface area contributed by atoms with Gasteiger partial charge < -0.3 is 24.9 Å². The van der Waals surface area contributed by atoms with E-state index in [9.17, 15) is 14.7 Å². The van der Waals surface area contributed by atoms with Gasteiger partial charge >= 0.3 is 0 Å². The number of carbonyl (C=O) groups excluding carboxylic acids is 2. The van der Waals surface area contributed by atoms with E-state index < -0.39 is 11.9 Å². The van der Waals surface area contributed by atoms with E-state index in [1.807, 2.05) is 22.7 Å². The minimum atomic E-state index is -1.04. The molecule has 1 fully saturated rings. The molecule has 0 unspecified atom stereocenters. The zero-order valence-electron chi connectivity index (χ0n) is 15.7. The molecule has 148 valence electrons. The second-order valence-electron chi connectivity index (χ2n) is 7.18. The van der Waals surface area contributed by atoms with Gasteiger partial charge in [-0.3, -0.25) is 10.2 Å². The average molecular weight is 390 g/mol. The van der Waals surface area contributed by atoms with Gasteiger partial charge in [0, 0.05) is 54.1 Å². The van der Waals surface area contributed by atoms with Crippen molar-refractivity contribution in [3.05, 3.63) is 59.9 Å². The third-order valence-electron chi connectivity index (χ3n) is 5.31. The molecule has 0 aliphatic carbocycles. The number of nitrogens with two attached hydrogens (primary N) is 1. The first-order valence-corrected chi connectivity index (χ1v) is 9.36. The van der Waals surface area contributed by atoms with Crippen molar-refractivity contribution >= 4 is 23.4 Å². The quantitative estimate of drug-likeness (QED) is 0.505. The Kier molecular flexibility index (Phi) is 4.75. The Morgan fingerprint density at radius 3 is 2.41 bits per heavy atom. The molecule has 1 saturated heterocycles. The zero-order chi connectivity index (χ0) is 20.5. The van der Waals surface area contributed by atoms with Crippen LogP contribution in [0.5, 0.6) is 0 Å². The van der Waals surface area contributed by atoms with Gasteiger partial charge in [-0.15, -0.1) is 0 Å². The Labute approximate surface area is 167 Å². The molecule has 0 radical (unpaired) electrons. The van der Waals surface area contributed by atoms with Crippen LogP contribution in [-0.4, -0.2) is 45.1 Å². The molecule has 3 heterocycles. The molecule has 4 rings (SSSR count). The Bertz CT molecular complexity index is 1100. The van der Waals surface area contributed by atoms with Crippen molar-refractivity contribution in [2.24, 2.45) is 11.7 Å². The summed E-state index contributed by atoms with van der Waals surface area (Å²) in [4.78, 5) is 30.0. The minimum absolute atomic E-state index is 0.0124. The number of piperidine rings is 1. The first-order chi connectivity index (χ1) is 13.9. The lowest BCUT2D eigenvalue weighted by molar-refractivity contribution is -0.312. The van der Waals surface area contributed by atoms with E-state index in [2.05, 4.69) is 4.98 Å². The van der Waals surface area contributed by atoms with Crippen LogP contribution in [-0.2, 0) is 4.79 Å². The normalized spacial score (nSPS) is 14.8. The Morgan fingerprint density at radius 1 is 1.10 bits per heavy atom. The van der Waals surface area contributed by atoms with Gasteiger partial charge in [0.1, 0.15) is 11.5 Å². The zero-order valence-corrected chi connectivity index (χ0v) is 15.7. The molecule has 2 aromatic heterocycles. The SMILES string of the molecule is N=C(N)c1ccc(-c2cn3ccc(C(=O)N4CCC(C(=O)[O-])CC4)cc3n2)cc1. The number of imidazole rings is 1. The van der Waals surface area contributed by atoms with Gasteiger partial charge in [-0.1, -0.05) is 24.3 Å². The van der Waals surface area contributed by atoms with Crippen LogP contribution in [0.15, 0.2) is 48.8 Å². The fraction of sp³-hybridized carbons (Fsp3) is 0.238. The number of rotatable bonds is 4. The molecule has 8 nitrogen and oxygen atoms in total. The summed E-state index contributed by atoms with van der Waals surface area (Å²) in [5.41, 5.74) is 8.94. The molecular formula is C21H20N5O3-. The van der Waals surface area contributed by atoms with Crippen molar-refractivity contribution in [2.45, 2.75) is 12.8 Å². The van der Waals surface area contributed by atoms with Crippen LogP contribution >= 0.6 is 0 Å². The van der Waals surface area contributed by atoms with Gasteiger partial charge in [-0.05, 0) is 25.0 Å².